The molecule has 4 aromatic rings. The summed E-state index contributed by atoms with van der Waals surface area (Å²) in [5, 5.41) is 11.4. The summed E-state index contributed by atoms with van der Waals surface area (Å²) in [4.78, 5) is 22.5. The van der Waals surface area contributed by atoms with Gasteiger partial charge < -0.3 is 24.7 Å². The fourth-order valence-electron chi connectivity index (χ4n) is 4.91. The summed E-state index contributed by atoms with van der Waals surface area (Å²) >= 11 is 0. The average Bonchev–Trinajstić information content (AvgIpc) is 3.57. The molecule has 1 amide bonds. The lowest BCUT2D eigenvalue weighted by Crippen LogP contribution is -2.51. The van der Waals surface area contributed by atoms with Crippen molar-refractivity contribution in [3.8, 4) is 11.3 Å². The number of hydrogen-bond donors (Lipinski definition) is 2. The SMILES string of the molecule is CNc1cc(-c2cn([C@H]3COC[C@H]3F)c3ncccc23)nc2c(C(=O)N[C@@H]3CC[C@H]3OC)cnn12. The van der Waals surface area contributed by atoms with Crippen LogP contribution in [0.3, 0.4) is 0 Å². The number of hydrogen-bond acceptors (Lipinski definition) is 7. The molecule has 2 N–H and O–H groups in total. The second-order valence-corrected chi connectivity index (χ2v) is 8.95. The number of carbonyl (C=O) groups is 1. The molecule has 1 saturated carbocycles. The number of nitrogens with zero attached hydrogens (tertiary/aromatic N) is 5. The molecule has 4 aromatic heterocycles. The van der Waals surface area contributed by atoms with Crippen molar-refractivity contribution in [3.05, 3.63) is 42.4 Å². The van der Waals surface area contributed by atoms with E-state index < -0.39 is 12.2 Å². The van der Waals surface area contributed by atoms with Gasteiger partial charge in [-0.1, -0.05) is 0 Å². The Morgan fingerprint density at radius 3 is 2.89 bits per heavy atom. The van der Waals surface area contributed by atoms with Crippen molar-refractivity contribution in [2.24, 2.45) is 0 Å². The van der Waals surface area contributed by atoms with E-state index in [1.54, 1.807) is 24.9 Å². The van der Waals surface area contributed by atoms with Crippen molar-refractivity contribution in [2.45, 2.75) is 37.2 Å². The molecule has 0 radical (unpaired) electrons. The number of aromatic nitrogens is 5. The normalized spacial score (nSPS) is 24.1. The van der Waals surface area contributed by atoms with E-state index in [4.69, 9.17) is 14.5 Å². The maximum absolute atomic E-state index is 14.6. The molecule has 11 heteroatoms. The van der Waals surface area contributed by atoms with Crippen LogP contribution in [0.5, 0.6) is 0 Å². The van der Waals surface area contributed by atoms with Gasteiger partial charge in [0.05, 0.1) is 43.3 Å². The number of fused-ring (bicyclic) bond motifs is 2. The number of alkyl halides is 1. The van der Waals surface area contributed by atoms with Crippen LogP contribution in [0.15, 0.2) is 36.8 Å². The maximum atomic E-state index is 14.6. The van der Waals surface area contributed by atoms with Gasteiger partial charge in [0.1, 0.15) is 23.2 Å². The number of nitrogens with one attached hydrogen (secondary N) is 2. The van der Waals surface area contributed by atoms with Gasteiger partial charge >= 0.3 is 0 Å². The third kappa shape index (κ3) is 3.53. The van der Waals surface area contributed by atoms with Crippen molar-refractivity contribution in [1.29, 1.82) is 0 Å². The van der Waals surface area contributed by atoms with Crippen molar-refractivity contribution in [2.75, 3.05) is 32.7 Å². The Balaban J connectivity index is 1.45. The van der Waals surface area contributed by atoms with Crippen LogP contribution < -0.4 is 10.6 Å². The molecule has 5 heterocycles. The van der Waals surface area contributed by atoms with E-state index in [1.807, 2.05) is 29.0 Å². The summed E-state index contributed by atoms with van der Waals surface area (Å²) in [5.74, 6) is 0.422. The van der Waals surface area contributed by atoms with Gasteiger partial charge in [0.2, 0.25) is 0 Å². The fraction of sp³-hybridized carbons (Fsp3) is 0.417. The quantitative estimate of drug-likeness (QED) is 0.438. The van der Waals surface area contributed by atoms with E-state index in [0.717, 1.165) is 23.8 Å². The summed E-state index contributed by atoms with van der Waals surface area (Å²) in [6, 6.07) is 5.16. The number of pyridine rings is 1. The molecule has 0 bridgehead atoms. The highest BCUT2D eigenvalue weighted by molar-refractivity contribution is 6.01. The molecule has 35 heavy (non-hydrogen) atoms. The molecule has 2 fully saturated rings. The molecule has 1 saturated heterocycles. The predicted molar refractivity (Wildman–Crippen MR) is 127 cm³/mol. The van der Waals surface area contributed by atoms with Crippen LogP contribution in [0.4, 0.5) is 10.2 Å². The Bertz CT molecular complexity index is 1420. The van der Waals surface area contributed by atoms with Crippen LogP contribution in [0.2, 0.25) is 0 Å². The zero-order valence-corrected chi connectivity index (χ0v) is 19.4. The highest BCUT2D eigenvalue weighted by Gasteiger charge is 2.34. The van der Waals surface area contributed by atoms with Crippen LogP contribution in [0, 0.1) is 0 Å². The second-order valence-electron chi connectivity index (χ2n) is 8.95. The zero-order valence-electron chi connectivity index (χ0n) is 19.4. The van der Waals surface area contributed by atoms with E-state index >= 15 is 0 Å². The first-order valence-electron chi connectivity index (χ1n) is 11.7. The Labute approximate surface area is 200 Å². The molecule has 182 valence electrons. The lowest BCUT2D eigenvalue weighted by Gasteiger charge is -2.35. The molecule has 1 aliphatic heterocycles. The Morgan fingerprint density at radius 2 is 2.17 bits per heavy atom. The van der Waals surface area contributed by atoms with Gasteiger partial charge in [-0.2, -0.15) is 9.61 Å². The minimum Gasteiger partial charge on any atom is -0.379 e. The average molecular weight is 480 g/mol. The van der Waals surface area contributed by atoms with Gasteiger partial charge in [-0.25, -0.2) is 14.4 Å². The smallest absolute Gasteiger partial charge is 0.257 e. The first kappa shape index (κ1) is 21.9. The Morgan fingerprint density at radius 1 is 1.29 bits per heavy atom. The van der Waals surface area contributed by atoms with Gasteiger partial charge in [0.15, 0.2) is 5.65 Å². The van der Waals surface area contributed by atoms with E-state index in [-0.39, 0.29) is 31.3 Å². The van der Waals surface area contributed by atoms with E-state index in [0.29, 0.717) is 28.4 Å². The third-order valence-corrected chi connectivity index (χ3v) is 7.01. The van der Waals surface area contributed by atoms with Gasteiger partial charge in [-0.15, -0.1) is 0 Å². The lowest BCUT2D eigenvalue weighted by atomic mass is 9.89. The Kier molecular flexibility index (Phi) is 5.37. The summed E-state index contributed by atoms with van der Waals surface area (Å²) < 4.78 is 28.8. The van der Waals surface area contributed by atoms with E-state index in [2.05, 4.69) is 20.7 Å². The lowest BCUT2D eigenvalue weighted by molar-refractivity contribution is 0.00732. The molecule has 1 aliphatic carbocycles. The number of amides is 1. The number of carbonyl (C=O) groups excluding carboxylic acids is 1. The van der Waals surface area contributed by atoms with Crippen molar-refractivity contribution >= 4 is 28.4 Å². The molecule has 2 aliphatic rings. The molecular weight excluding hydrogens is 453 g/mol. The number of rotatable bonds is 6. The van der Waals surface area contributed by atoms with Crippen LogP contribution in [-0.2, 0) is 9.47 Å². The second kappa shape index (κ2) is 8.58. The van der Waals surface area contributed by atoms with Crippen molar-refractivity contribution in [3.63, 3.8) is 0 Å². The zero-order chi connectivity index (χ0) is 24.1. The highest BCUT2D eigenvalue weighted by atomic mass is 19.1. The van der Waals surface area contributed by atoms with Crippen LogP contribution in [-0.4, -0.2) is 75.7 Å². The molecule has 4 atom stereocenters. The molecule has 10 nitrogen and oxygen atoms in total. The summed E-state index contributed by atoms with van der Waals surface area (Å²) in [5.41, 5.74) is 2.88. The standard InChI is InChI=1S/C24H26FN7O3/c1-26-21-8-18(15-10-31(19-12-35-11-16(19)25)22-13(15)4-3-7-27-22)29-23-14(9-28-32(21)23)24(33)30-17-5-6-20(17)34-2/h3-4,7-10,16-17,19-20,26H,5-6,11-12H2,1-2H3,(H,30,33)/t16-,17-,19+,20-/m1/s1. The molecule has 6 rings (SSSR count). The monoisotopic (exact) mass is 479 g/mol. The van der Waals surface area contributed by atoms with Gasteiger partial charge in [-0.05, 0) is 25.0 Å². The topological polar surface area (TPSA) is 108 Å². The predicted octanol–water partition coefficient (Wildman–Crippen LogP) is 2.60. The van der Waals surface area contributed by atoms with E-state index in [9.17, 15) is 9.18 Å². The summed E-state index contributed by atoms with van der Waals surface area (Å²) in [6.45, 7) is 0.353. The summed E-state index contributed by atoms with van der Waals surface area (Å²) in [7, 11) is 3.44. The molecule has 0 aromatic carbocycles. The van der Waals surface area contributed by atoms with Gasteiger partial charge in [0, 0.05) is 43.6 Å². The minimum atomic E-state index is -1.11. The number of halogens is 1. The largest absolute Gasteiger partial charge is 0.379 e. The minimum absolute atomic E-state index is 0.0229. The van der Waals surface area contributed by atoms with Crippen LogP contribution in [0.25, 0.3) is 27.9 Å². The first-order valence-corrected chi connectivity index (χ1v) is 11.7. The number of ether oxygens (including phenoxy) is 2. The first-order chi connectivity index (χ1) is 17.1. The molecule has 0 unspecified atom stereocenters. The number of methoxy groups -OCH3 is 1. The van der Waals surface area contributed by atoms with Gasteiger partial charge in [0.25, 0.3) is 5.91 Å². The van der Waals surface area contributed by atoms with Crippen LogP contribution >= 0.6 is 0 Å². The van der Waals surface area contributed by atoms with Gasteiger partial charge in [-0.3, -0.25) is 4.79 Å². The maximum Gasteiger partial charge on any atom is 0.257 e. The van der Waals surface area contributed by atoms with Crippen molar-refractivity contribution in [1.82, 2.24) is 29.5 Å². The fourth-order valence-corrected chi connectivity index (χ4v) is 4.91. The Hall–Kier alpha value is -3.57. The molecular formula is C24H26FN7O3. The van der Waals surface area contributed by atoms with Crippen molar-refractivity contribution < 1.29 is 18.7 Å². The van der Waals surface area contributed by atoms with Crippen LogP contribution in [0.1, 0.15) is 29.2 Å². The summed E-state index contributed by atoms with van der Waals surface area (Å²) in [6.07, 6.45) is 5.79. The molecule has 0 spiro atoms. The highest BCUT2D eigenvalue weighted by Crippen LogP contribution is 2.35. The van der Waals surface area contributed by atoms with E-state index in [1.165, 1.54) is 6.20 Å². The third-order valence-electron chi connectivity index (χ3n) is 7.01. The number of anilines is 1.